The fraction of sp³-hybridized carbons (Fsp3) is 0.286. The molecule has 1 rings (SSSR count). The van der Waals surface area contributed by atoms with E-state index < -0.39 is 0 Å². The van der Waals surface area contributed by atoms with Crippen molar-refractivity contribution in [3.63, 3.8) is 0 Å². The summed E-state index contributed by atoms with van der Waals surface area (Å²) in [5.41, 5.74) is 0. The van der Waals surface area contributed by atoms with Gasteiger partial charge in [-0.05, 0) is 0 Å². The standard InChI is InChI=1S/C7H8N4O/c1-9-7(12)5-11-3-2-10-6(11)4-8/h2-3H,5H2,1H3,(H,9,12). The first-order valence-corrected chi connectivity index (χ1v) is 3.39. The molecule has 1 aromatic rings. The highest BCUT2D eigenvalue weighted by Crippen LogP contribution is 1.94. The Labute approximate surface area is 69.6 Å². The average Bonchev–Trinajstić information content (AvgIpc) is 2.51. The third-order valence-electron chi connectivity index (χ3n) is 1.41. The maximum atomic E-state index is 10.9. The van der Waals surface area contributed by atoms with Crippen molar-refractivity contribution in [3.05, 3.63) is 18.2 Å². The van der Waals surface area contributed by atoms with Crippen molar-refractivity contribution < 1.29 is 4.79 Å². The van der Waals surface area contributed by atoms with Crippen LogP contribution >= 0.6 is 0 Å². The largest absolute Gasteiger partial charge is 0.358 e. The van der Waals surface area contributed by atoms with Gasteiger partial charge in [0.1, 0.15) is 12.6 Å². The Hall–Kier alpha value is -1.83. The minimum absolute atomic E-state index is 0.138. The maximum absolute atomic E-state index is 10.9. The number of nitrogens with one attached hydrogen (secondary N) is 1. The Balaban J connectivity index is 2.76. The van der Waals surface area contributed by atoms with Gasteiger partial charge < -0.3 is 9.88 Å². The first kappa shape index (κ1) is 8.27. The summed E-state index contributed by atoms with van der Waals surface area (Å²) < 4.78 is 1.48. The van der Waals surface area contributed by atoms with Crippen molar-refractivity contribution in [1.29, 1.82) is 5.26 Å². The number of likely N-dealkylation sites (N-methyl/N-ethyl adjacent to an activating group) is 1. The molecule has 5 nitrogen and oxygen atoms in total. The van der Waals surface area contributed by atoms with E-state index in [1.807, 2.05) is 6.07 Å². The Kier molecular flexibility index (Phi) is 2.43. The van der Waals surface area contributed by atoms with Crippen LogP contribution in [0, 0.1) is 11.3 Å². The number of rotatable bonds is 2. The van der Waals surface area contributed by atoms with Gasteiger partial charge in [0.05, 0.1) is 0 Å². The zero-order chi connectivity index (χ0) is 8.97. The third kappa shape index (κ3) is 1.61. The Morgan fingerprint density at radius 1 is 1.92 bits per heavy atom. The molecule has 0 fully saturated rings. The van der Waals surface area contributed by atoms with Crippen LogP contribution in [0.1, 0.15) is 5.82 Å². The van der Waals surface area contributed by atoms with E-state index in [0.717, 1.165) is 0 Å². The molecule has 0 aromatic carbocycles. The second-order valence-electron chi connectivity index (χ2n) is 2.16. The molecule has 1 heterocycles. The van der Waals surface area contributed by atoms with Gasteiger partial charge in [-0.2, -0.15) is 5.26 Å². The predicted molar refractivity (Wildman–Crippen MR) is 41.0 cm³/mol. The lowest BCUT2D eigenvalue weighted by Gasteiger charge is -2.00. The Bertz CT molecular complexity index is 322. The molecule has 0 aliphatic heterocycles. The van der Waals surface area contributed by atoms with E-state index in [2.05, 4.69) is 10.3 Å². The SMILES string of the molecule is CNC(=O)Cn1ccnc1C#N. The average molecular weight is 164 g/mol. The van der Waals surface area contributed by atoms with E-state index in [0.29, 0.717) is 0 Å². The number of nitrogens with zero attached hydrogens (tertiary/aromatic N) is 3. The van der Waals surface area contributed by atoms with Crippen LogP contribution in [0.3, 0.4) is 0 Å². The fourth-order valence-electron chi connectivity index (χ4n) is 0.784. The summed E-state index contributed by atoms with van der Waals surface area (Å²) in [5, 5.41) is 11.0. The topological polar surface area (TPSA) is 70.7 Å². The molecule has 1 amide bonds. The normalized spacial score (nSPS) is 9.00. The first-order chi connectivity index (χ1) is 5.77. The van der Waals surface area contributed by atoms with Crippen LogP contribution < -0.4 is 5.32 Å². The molecule has 0 saturated carbocycles. The monoisotopic (exact) mass is 164 g/mol. The van der Waals surface area contributed by atoms with E-state index in [-0.39, 0.29) is 18.3 Å². The number of hydrogen-bond acceptors (Lipinski definition) is 3. The maximum Gasteiger partial charge on any atom is 0.239 e. The van der Waals surface area contributed by atoms with Gasteiger partial charge in [-0.25, -0.2) is 4.98 Å². The smallest absolute Gasteiger partial charge is 0.239 e. The third-order valence-corrected chi connectivity index (χ3v) is 1.41. The lowest BCUT2D eigenvalue weighted by Crippen LogP contribution is -2.23. The molecule has 5 heteroatoms. The lowest BCUT2D eigenvalue weighted by molar-refractivity contribution is -0.121. The van der Waals surface area contributed by atoms with Crippen LogP contribution in [-0.2, 0) is 11.3 Å². The van der Waals surface area contributed by atoms with Crippen LogP contribution in [0.2, 0.25) is 0 Å². The summed E-state index contributed by atoms with van der Waals surface area (Å²) >= 11 is 0. The van der Waals surface area contributed by atoms with Crippen LogP contribution in [0.25, 0.3) is 0 Å². The van der Waals surface area contributed by atoms with E-state index in [9.17, 15) is 4.79 Å². The van der Waals surface area contributed by atoms with Crippen molar-refractivity contribution in [3.8, 4) is 6.07 Å². The highest BCUT2D eigenvalue weighted by molar-refractivity contribution is 5.75. The fourth-order valence-corrected chi connectivity index (χ4v) is 0.784. The molecule has 1 N–H and O–H groups in total. The van der Waals surface area contributed by atoms with Gasteiger partial charge in [0.2, 0.25) is 11.7 Å². The predicted octanol–water partition coefficient (Wildman–Crippen LogP) is -0.499. The summed E-state index contributed by atoms with van der Waals surface area (Å²) in [6.45, 7) is 0.138. The van der Waals surface area contributed by atoms with Gasteiger partial charge >= 0.3 is 0 Å². The molecule has 0 unspecified atom stereocenters. The highest BCUT2D eigenvalue weighted by atomic mass is 16.1. The van der Waals surface area contributed by atoms with Gasteiger partial charge in [0.25, 0.3) is 0 Å². The van der Waals surface area contributed by atoms with E-state index in [1.54, 1.807) is 13.2 Å². The van der Waals surface area contributed by atoms with Crippen molar-refractivity contribution in [1.82, 2.24) is 14.9 Å². The molecule has 0 spiro atoms. The lowest BCUT2D eigenvalue weighted by atomic mass is 10.5. The van der Waals surface area contributed by atoms with Gasteiger partial charge in [-0.1, -0.05) is 0 Å². The zero-order valence-corrected chi connectivity index (χ0v) is 6.61. The molecular formula is C7H8N4O. The first-order valence-electron chi connectivity index (χ1n) is 3.39. The van der Waals surface area contributed by atoms with E-state index >= 15 is 0 Å². The van der Waals surface area contributed by atoms with Crippen LogP contribution in [0.15, 0.2) is 12.4 Å². The van der Waals surface area contributed by atoms with Gasteiger partial charge in [-0.15, -0.1) is 0 Å². The van der Waals surface area contributed by atoms with Crippen LogP contribution in [-0.4, -0.2) is 22.5 Å². The zero-order valence-electron chi connectivity index (χ0n) is 6.61. The minimum atomic E-state index is -0.149. The van der Waals surface area contributed by atoms with Crippen molar-refractivity contribution in [2.45, 2.75) is 6.54 Å². The molecule has 12 heavy (non-hydrogen) atoms. The summed E-state index contributed by atoms with van der Waals surface area (Å²) in [5.74, 6) is 0.100. The van der Waals surface area contributed by atoms with E-state index in [1.165, 1.54) is 10.8 Å². The van der Waals surface area contributed by atoms with Gasteiger partial charge in [0, 0.05) is 19.4 Å². The Morgan fingerprint density at radius 2 is 2.67 bits per heavy atom. The molecule has 0 saturated heterocycles. The molecule has 0 aliphatic carbocycles. The molecule has 0 aliphatic rings. The van der Waals surface area contributed by atoms with Crippen molar-refractivity contribution >= 4 is 5.91 Å². The number of amides is 1. The van der Waals surface area contributed by atoms with Crippen molar-refractivity contribution in [2.24, 2.45) is 0 Å². The number of aromatic nitrogens is 2. The molecule has 0 radical (unpaired) electrons. The highest BCUT2D eigenvalue weighted by Gasteiger charge is 2.04. The number of nitriles is 1. The second-order valence-corrected chi connectivity index (χ2v) is 2.16. The van der Waals surface area contributed by atoms with Crippen LogP contribution in [0.4, 0.5) is 0 Å². The summed E-state index contributed by atoms with van der Waals surface area (Å²) in [6.07, 6.45) is 3.08. The number of carbonyl (C=O) groups excluding carboxylic acids is 1. The molecule has 62 valence electrons. The molecule has 0 bridgehead atoms. The summed E-state index contributed by atoms with van der Waals surface area (Å²) in [6, 6.07) is 1.88. The quantitative estimate of drug-likeness (QED) is 0.640. The molecular weight excluding hydrogens is 156 g/mol. The van der Waals surface area contributed by atoms with Crippen molar-refractivity contribution in [2.75, 3.05) is 7.05 Å². The Morgan fingerprint density at radius 3 is 3.25 bits per heavy atom. The van der Waals surface area contributed by atoms with Crippen LogP contribution in [0.5, 0.6) is 0 Å². The van der Waals surface area contributed by atoms with E-state index in [4.69, 9.17) is 5.26 Å². The summed E-state index contributed by atoms with van der Waals surface area (Å²) in [4.78, 5) is 14.6. The molecule has 0 atom stereocenters. The molecule has 1 aromatic heterocycles. The second kappa shape index (κ2) is 3.53. The number of imidazole rings is 1. The number of carbonyl (C=O) groups is 1. The number of hydrogen-bond donors (Lipinski definition) is 1. The minimum Gasteiger partial charge on any atom is -0.358 e. The van der Waals surface area contributed by atoms with Gasteiger partial charge in [-0.3, -0.25) is 4.79 Å². The van der Waals surface area contributed by atoms with Gasteiger partial charge in [0.15, 0.2) is 0 Å². The summed E-state index contributed by atoms with van der Waals surface area (Å²) in [7, 11) is 1.55.